The van der Waals surface area contributed by atoms with Crippen LogP contribution in [0.3, 0.4) is 0 Å². The van der Waals surface area contributed by atoms with Gasteiger partial charge in [-0.2, -0.15) is 0 Å². The van der Waals surface area contributed by atoms with E-state index in [1.165, 1.54) is 70.0 Å². The molecule has 0 fully saturated rings. The average molecular weight is 667 g/mol. The third-order valence-corrected chi connectivity index (χ3v) is 15.4. The number of hydrogen-bond acceptors (Lipinski definition) is 0. The average Bonchev–Trinajstić information content (AvgIpc) is 3.73. The fraction of sp³-hybridized carbons (Fsp3) is 0. The normalized spacial score (nSPS) is 11.9. The molecule has 10 rings (SSSR count). The molecule has 8 aromatic carbocycles. The summed E-state index contributed by atoms with van der Waals surface area (Å²) in [6, 6.07) is 76.1. The molecule has 2 nitrogen and oxygen atoms in total. The third kappa shape index (κ3) is 4.42. The maximum absolute atomic E-state index is 2.70. The monoisotopic (exact) mass is 666 g/mol. The highest BCUT2D eigenvalue weighted by molar-refractivity contribution is 7.20. The second kappa shape index (κ2) is 11.9. The van der Waals surface area contributed by atoms with E-state index in [1.807, 2.05) is 0 Å². The Labute approximate surface area is 298 Å². The Kier molecular flexibility index (Phi) is 6.86. The molecule has 0 bridgehead atoms. The molecule has 2 heterocycles. The molecule has 0 saturated heterocycles. The molecular formula is C48H34N2Si. The van der Waals surface area contributed by atoms with Crippen molar-refractivity contribution in [2.24, 2.45) is 0 Å². The molecule has 0 spiro atoms. The van der Waals surface area contributed by atoms with Gasteiger partial charge in [-0.15, -0.1) is 0 Å². The SMILES string of the molecule is c1ccc(-n2c3ccccc3c3c(-n4c5ccccc5c5cc([Si](c6ccccc6)(c6ccccc6)c6ccccc6)ccc54)cccc32)cc1. The smallest absolute Gasteiger partial charge is 0.179 e. The topological polar surface area (TPSA) is 9.86 Å². The molecule has 10 aromatic rings. The van der Waals surface area contributed by atoms with E-state index in [-0.39, 0.29) is 0 Å². The Morgan fingerprint density at radius 2 is 0.765 bits per heavy atom. The quantitative estimate of drug-likeness (QED) is 0.124. The molecule has 3 heteroatoms. The largest absolute Gasteiger partial charge is 0.309 e. The van der Waals surface area contributed by atoms with Crippen molar-refractivity contribution in [3.8, 4) is 11.4 Å². The van der Waals surface area contributed by atoms with Crippen molar-refractivity contribution in [1.82, 2.24) is 9.13 Å². The van der Waals surface area contributed by atoms with E-state index in [9.17, 15) is 0 Å². The number of aromatic nitrogens is 2. The summed E-state index contributed by atoms with van der Waals surface area (Å²) in [6.45, 7) is 0. The molecule has 0 atom stereocenters. The summed E-state index contributed by atoms with van der Waals surface area (Å²) in [4.78, 5) is 0. The van der Waals surface area contributed by atoms with Gasteiger partial charge in [-0.3, -0.25) is 0 Å². The maximum Gasteiger partial charge on any atom is 0.179 e. The van der Waals surface area contributed by atoms with Crippen LogP contribution in [-0.2, 0) is 0 Å². The van der Waals surface area contributed by atoms with Crippen molar-refractivity contribution in [1.29, 1.82) is 0 Å². The number of para-hydroxylation sites is 3. The minimum Gasteiger partial charge on any atom is -0.309 e. The molecule has 0 radical (unpaired) electrons. The van der Waals surface area contributed by atoms with Crippen LogP contribution in [-0.4, -0.2) is 17.2 Å². The number of rotatable bonds is 6. The standard InChI is InChI=1S/C48H34N2Si/c1-5-18-35(19-6-1)49-44-29-16-14-27-41(44)48-46(49)30-17-31-47(48)50-43-28-15-13-26-40(43)42-34-39(32-33-45(42)50)51(36-20-7-2-8-21-36,37-22-9-3-10-23-37)38-24-11-4-12-25-38/h1-34H. The van der Waals surface area contributed by atoms with Crippen LogP contribution in [0.1, 0.15) is 0 Å². The van der Waals surface area contributed by atoms with Crippen molar-refractivity contribution >= 4 is 72.4 Å². The zero-order valence-corrected chi connectivity index (χ0v) is 29.0. The summed E-state index contributed by atoms with van der Waals surface area (Å²) in [5.41, 5.74) is 7.18. The molecule has 0 aliphatic rings. The Balaban J connectivity index is 1.30. The number of hydrogen-bond donors (Lipinski definition) is 0. The lowest BCUT2D eigenvalue weighted by Gasteiger charge is -2.34. The maximum atomic E-state index is 2.51. The molecule has 0 unspecified atom stereocenters. The second-order valence-electron chi connectivity index (χ2n) is 13.3. The summed E-state index contributed by atoms with van der Waals surface area (Å²) in [5, 5.41) is 10.5. The van der Waals surface area contributed by atoms with E-state index in [4.69, 9.17) is 0 Å². The first kappa shape index (κ1) is 29.5. The van der Waals surface area contributed by atoms with Crippen LogP contribution < -0.4 is 20.7 Å². The molecule has 240 valence electrons. The predicted molar refractivity (Wildman–Crippen MR) is 219 cm³/mol. The van der Waals surface area contributed by atoms with Crippen molar-refractivity contribution < 1.29 is 0 Å². The highest BCUT2D eigenvalue weighted by atomic mass is 28.3. The van der Waals surface area contributed by atoms with Gasteiger partial charge in [0.2, 0.25) is 0 Å². The first-order valence-electron chi connectivity index (χ1n) is 17.6. The number of nitrogens with zero attached hydrogens (tertiary/aromatic N) is 2. The second-order valence-corrected chi connectivity index (χ2v) is 17.1. The van der Waals surface area contributed by atoms with Gasteiger partial charge >= 0.3 is 0 Å². The predicted octanol–water partition coefficient (Wildman–Crippen LogP) is 9.26. The fourth-order valence-electron chi connectivity index (χ4n) is 8.57. The van der Waals surface area contributed by atoms with Crippen LogP contribution in [0.4, 0.5) is 0 Å². The van der Waals surface area contributed by atoms with E-state index in [0.717, 1.165) is 5.69 Å². The van der Waals surface area contributed by atoms with E-state index in [2.05, 4.69) is 215 Å². The van der Waals surface area contributed by atoms with Crippen molar-refractivity contribution in [3.63, 3.8) is 0 Å². The molecule has 0 amide bonds. The van der Waals surface area contributed by atoms with Crippen LogP contribution in [0.25, 0.3) is 55.0 Å². The molecule has 51 heavy (non-hydrogen) atoms. The molecule has 2 aromatic heterocycles. The van der Waals surface area contributed by atoms with Crippen molar-refractivity contribution in [3.05, 3.63) is 206 Å². The van der Waals surface area contributed by atoms with Gasteiger partial charge in [-0.25, -0.2) is 0 Å². The summed E-state index contributed by atoms with van der Waals surface area (Å²) in [5.74, 6) is 0. The Morgan fingerprint density at radius 3 is 1.37 bits per heavy atom. The van der Waals surface area contributed by atoms with Gasteiger partial charge in [-0.1, -0.05) is 164 Å². The molecule has 0 N–H and O–H groups in total. The lowest BCUT2D eigenvalue weighted by atomic mass is 10.1. The van der Waals surface area contributed by atoms with Crippen molar-refractivity contribution in [2.45, 2.75) is 0 Å². The minimum absolute atomic E-state index is 1.16. The van der Waals surface area contributed by atoms with Crippen molar-refractivity contribution in [2.75, 3.05) is 0 Å². The summed E-state index contributed by atoms with van der Waals surface area (Å²) in [6.07, 6.45) is 0. The zero-order chi connectivity index (χ0) is 33.8. The summed E-state index contributed by atoms with van der Waals surface area (Å²) >= 11 is 0. The van der Waals surface area contributed by atoms with E-state index in [0.29, 0.717) is 0 Å². The molecule has 0 aliphatic carbocycles. The Morgan fingerprint density at radius 1 is 0.294 bits per heavy atom. The van der Waals surface area contributed by atoms with Crippen LogP contribution in [0.15, 0.2) is 206 Å². The highest BCUT2D eigenvalue weighted by Crippen LogP contribution is 2.39. The molecule has 0 aliphatic heterocycles. The minimum atomic E-state index is -2.70. The van der Waals surface area contributed by atoms with Gasteiger partial charge in [0.25, 0.3) is 0 Å². The lowest BCUT2D eigenvalue weighted by molar-refractivity contribution is 1.17. The number of benzene rings is 8. The molecular weight excluding hydrogens is 633 g/mol. The van der Waals surface area contributed by atoms with Crippen LogP contribution in [0.2, 0.25) is 0 Å². The third-order valence-electron chi connectivity index (χ3n) is 10.7. The first-order valence-corrected chi connectivity index (χ1v) is 19.6. The van der Waals surface area contributed by atoms with Crippen LogP contribution in [0, 0.1) is 0 Å². The van der Waals surface area contributed by atoms with Gasteiger partial charge in [0.1, 0.15) is 0 Å². The summed E-state index contributed by atoms with van der Waals surface area (Å²) in [7, 11) is -2.70. The summed E-state index contributed by atoms with van der Waals surface area (Å²) < 4.78 is 4.90. The highest BCUT2D eigenvalue weighted by Gasteiger charge is 2.41. The lowest BCUT2D eigenvalue weighted by Crippen LogP contribution is -2.74. The first-order chi connectivity index (χ1) is 25.3. The van der Waals surface area contributed by atoms with Gasteiger partial charge in [-0.05, 0) is 63.2 Å². The van der Waals surface area contributed by atoms with Gasteiger partial charge < -0.3 is 9.13 Å². The zero-order valence-electron chi connectivity index (χ0n) is 28.0. The van der Waals surface area contributed by atoms with E-state index in [1.54, 1.807) is 0 Å². The van der Waals surface area contributed by atoms with E-state index < -0.39 is 8.07 Å². The number of fused-ring (bicyclic) bond motifs is 6. The van der Waals surface area contributed by atoms with Crippen LogP contribution >= 0.6 is 0 Å². The van der Waals surface area contributed by atoms with Gasteiger partial charge in [0.05, 0.1) is 27.8 Å². The Bertz CT molecular complexity index is 2740. The van der Waals surface area contributed by atoms with Gasteiger partial charge in [0, 0.05) is 27.2 Å². The van der Waals surface area contributed by atoms with Gasteiger partial charge in [0.15, 0.2) is 8.07 Å². The fourth-order valence-corrected chi connectivity index (χ4v) is 13.3. The molecule has 0 saturated carbocycles. The van der Waals surface area contributed by atoms with E-state index >= 15 is 0 Å². The van der Waals surface area contributed by atoms with Crippen LogP contribution in [0.5, 0.6) is 0 Å². The Hall–Kier alpha value is -6.42.